The molecule has 1 saturated heterocycles. The Labute approximate surface area is 130 Å². The zero-order valence-electron chi connectivity index (χ0n) is 12.7. The highest BCUT2D eigenvalue weighted by Gasteiger charge is 2.18. The van der Waals surface area contributed by atoms with Gasteiger partial charge in [0, 0.05) is 18.4 Å². The van der Waals surface area contributed by atoms with Gasteiger partial charge in [-0.1, -0.05) is 5.16 Å². The number of hydrogen-bond acceptors (Lipinski definition) is 5. The lowest BCUT2D eigenvalue weighted by molar-refractivity contribution is 0.341. The molecule has 2 aliphatic rings. The van der Waals surface area contributed by atoms with Crippen molar-refractivity contribution in [2.24, 2.45) is 5.92 Å². The molecule has 1 aromatic heterocycles. The van der Waals surface area contributed by atoms with Crippen LogP contribution < -0.4 is 10.1 Å². The summed E-state index contributed by atoms with van der Waals surface area (Å²) in [5.41, 5.74) is 2.25. The van der Waals surface area contributed by atoms with Crippen LogP contribution in [0.4, 0.5) is 0 Å². The summed E-state index contributed by atoms with van der Waals surface area (Å²) in [5, 5.41) is 7.60. The van der Waals surface area contributed by atoms with E-state index in [0.29, 0.717) is 11.7 Å². The van der Waals surface area contributed by atoms with Gasteiger partial charge in [0.1, 0.15) is 5.75 Å². The van der Waals surface area contributed by atoms with Crippen molar-refractivity contribution in [3.63, 3.8) is 0 Å². The first-order valence-electron chi connectivity index (χ1n) is 8.18. The quantitative estimate of drug-likeness (QED) is 0.944. The minimum Gasteiger partial charge on any atom is -0.493 e. The fourth-order valence-corrected chi connectivity index (χ4v) is 3.32. The van der Waals surface area contributed by atoms with Gasteiger partial charge in [-0.25, -0.2) is 0 Å². The van der Waals surface area contributed by atoms with Crippen molar-refractivity contribution in [1.82, 2.24) is 15.5 Å². The molecule has 1 unspecified atom stereocenters. The third-order valence-electron chi connectivity index (χ3n) is 4.57. The maximum absolute atomic E-state index is 5.54. The van der Waals surface area contributed by atoms with Crippen LogP contribution in [0.3, 0.4) is 0 Å². The van der Waals surface area contributed by atoms with Gasteiger partial charge >= 0.3 is 0 Å². The standard InChI is InChI=1S/C17H21N3O2/c1-2-12(5-8-18-7-1)10-16-19-17(20-22-16)14-3-4-15-13(11-14)6-9-21-15/h3-4,11-12,18H,1-2,5-10H2. The van der Waals surface area contributed by atoms with Gasteiger partial charge in [0.05, 0.1) is 6.61 Å². The van der Waals surface area contributed by atoms with Crippen LogP contribution in [-0.4, -0.2) is 29.8 Å². The minimum absolute atomic E-state index is 0.650. The highest BCUT2D eigenvalue weighted by atomic mass is 16.5. The molecule has 0 aliphatic carbocycles. The van der Waals surface area contributed by atoms with Crippen LogP contribution in [0.2, 0.25) is 0 Å². The zero-order chi connectivity index (χ0) is 14.8. The van der Waals surface area contributed by atoms with E-state index < -0.39 is 0 Å². The van der Waals surface area contributed by atoms with Gasteiger partial charge in [-0.15, -0.1) is 0 Å². The number of hydrogen-bond donors (Lipinski definition) is 1. The topological polar surface area (TPSA) is 60.2 Å². The van der Waals surface area contributed by atoms with Gasteiger partial charge < -0.3 is 14.6 Å². The molecule has 3 heterocycles. The largest absolute Gasteiger partial charge is 0.493 e. The third kappa shape index (κ3) is 2.86. The summed E-state index contributed by atoms with van der Waals surface area (Å²) in [4.78, 5) is 4.59. The first kappa shape index (κ1) is 13.8. The summed E-state index contributed by atoms with van der Waals surface area (Å²) in [7, 11) is 0. The van der Waals surface area contributed by atoms with E-state index in [1.807, 2.05) is 12.1 Å². The summed E-state index contributed by atoms with van der Waals surface area (Å²) in [6.45, 7) is 2.99. The van der Waals surface area contributed by atoms with Crippen molar-refractivity contribution >= 4 is 0 Å². The molecule has 5 nitrogen and oxygen atoms in total. The highest BCUT2D eigenvalue weighted by Crippen LogP contribution is 2.29. The average Bonchev–Trinajstić information content (AvgIpc) is 3.11. The molecule has 116 valence electrons. The lowest BCUT2D eigenvalue weighted by atomic mass is 9.97. The lowest BCUT2D eigenvalue weighted by Crippen LogP contribution is -2.14. The van der Waals surface area contributed by atoms with E-state index in [1.54, 1.807) is 0 Å². The molecule has 1 atom stereocenters. The van der Waals surface area contributed by atoms with E-state index in [0.717, 1.165) is 49.7 Å². The summed E-state index contributed by atoms with van der Waals surface area (Å²) >= 11 is 0. The average molecular weight is 299 g/mol. The van der Waals surface area contributed by atoms with Crippen LogP contribution in [0.25, 0.3) is 11.4 Å². The van der Waals surface area contributed by atoms with Gasteiger partial charge in [0.25, 0.3) is 0 Å². The number of rotatable bonds is 3. The van der Waals surface area contributed by atoms with Crippen LogP contribution >= 0.6 is 0 Å². The Bertz CT molecular complexity index is 645. The second-order valence-corrected chi connectivity index (χ2v) is 6.18. The second-order valence-electron chi connectivity index (χ2n) is 6.18. The Morgan fingerprint density at radius 1 is 1.23 bits per heavy atom. The van der Waals surface area contributed by atoms with E-state index in [2.05, 4.69) is 21.5 Å². The summed E-state index contributed by atoms with van der Waals surface area (Å²) < 4.78 is 11.0. The number of aromatic nitrogens is 2. The number of benzene rings is 1. The molecule has 5 heteroatoms. The molecule has 22 heavy (non-hydrogen) atoms. The molecule has 1 aromatic carbocycles. The van der Waals surface area contributed by atoms with Crippen molar-refractivity contribution in [1.29, 1.82) is 0 Å². The van der Waals surface area contributed by atoms with Gasteiger partial charge in [0.2, 0.25) is 11.7 Å². The molecular formula is C17H21N3O2. The van der Waals surface area contributed by atoms with Crippen LogP contribution in [0.15, 0.2) is 22.7 Å². The summed E-state index contributed by atoms with van der Waals surface area (Å²) in [5.74, 6) is 3.09. The smallest absolute Gasteiger partial charge is 0.227 e. The van der Waals surface area contributed by atoms with E-state index in [-0.39, 0.29) is 0 Å². The molecule has 2 aliphatic heterocycles. The molecule has 0 saturated carbocycles. The van der Waals surface area contributed by atoms with Gasteiger partial charge in [-0.3, -0.25) is 0 Å². The molecule has 0 bridgehead atoms. The monoisotopic (exact) mass is 299 g/mol. The molecule has 2 aromatic rings. The molecule has 1 fully saturated rings. The van der Waals surface area contributed by atoms with Crippen molar-refractivity contribution < 1.29 is 9.26 Å². The Hall–Kier alpha value is -1.88. The van der Waals surface area contributed by atoms with Crippen molar-refractivity contribution in [3.8, 4) is 17.1 Å². The summed E-state index contributed by atoms with van der Waals surface area (Å²) in [6, 6.07) is 6.13. The van der Waals surface area contributed by atoms with Crippen LogP contribution in [0.5, 0.6) is 5.75 Å². The minimum atomic E-state index is 0.650. The number of nitrogens with one attached hydrogen (secondary N) is 1. The Morgan fingerprint density at radius 2 is 2.23 bits per heavy atom. The number of ether oxygens (including phenoxy) is 1. The van der Waals surface area contributed by atoms with E-state index >= 15 is 0 Å². The van der Waals surface area contributed by atoms with E-state index in [4.69, 9.17) is 9.26 Å². The van der Waals surface area contributed by atoms with Crippen molar-refractivity contribution in [2.75, 3.05) is 19.7 Å². The predicted molar refractivity (Wildman–Crippen MR) is 82.8 cm³/mol. The van der Waals surface area contributed by atoms with Gasteiger partial charge in [-0.05, 0) is 62.0 Å². The summed E-state index contributed by atoms with van der Waals surface area (Å²) in [6.07, 6.45) is 5.51. The molecule has 4 rings (SSSR count). The fraction of sp³-hybridized carbons (Fsp3) is 0.529. The number of nitrogens with zero attached hydrogens (tertiary/aromatic N) is 2. The first-order chi connectivity index (χ1) is 10.9. The normalized spacial score (nSPS) is 21.2. The fourth-order valence-electron chi connectivity index (χ4n) is 3.32. The van der Waals surface area contributed by atoms with Crippen molar-refractivity contribution in [3.05, 3.63) is 29.7 Å². The Morgan fingerprint density at radius 3 is 3.23 bits per heavy atom. The molecule has 0 radical (unpaired) electrons. The highest BCUT2D eigenvalue weighted by molar-refractivity contribution is 5.59. The predicted octanol–water partition coefficient (Wildman–Crippen LogP) is 2.60. The zero-order valence-corrected chi connectivity index (χ0v) is 12.7. The molecule has 0 amide bonds. The third-order valence-corrected chi connectivity index (χ3v) is 4.57. The van der Waals surface area contributed by atoms with Gasteiger partial charge in [-0.2, -0.15) is 4.98 Å². The number of fused-ring (bicyclic) bond motifs is 1. The SMILES string of the molecule is c1cc2c(cc1-c1noc(CC3CCCNCC3)n1)CCO2. The maximum Gasteiger partial charge on any atom is 0.227 e. The van der Waals surface area contributed by atoms with Crippen LogP contribution in [-0.2, 0) is 12.8 Å². The molecular weight excluding hydrogens is 278 g/mol. The van der Waals surface area contributed by atoms with Crippen LogP contribution in [0.1, 0.15) is 30.7 Å². The molecule has 1 N–H and O–H groups in total. The van der Waals surface area contributed by atoms with E-state index in [1.165, 1.54) is 24.8 Å². The van der Waals surface area contributed by atoms with Crippen molar-refractivity contribution in [2.45, 2.75) is 32.1 Å². The molecule has 0 spiro atoms. The maximum atomic E-state index is 5.54. The van der Waals surface area contributed by atoms with Gasteiger partial charge in [0.15, 0.2) is 0 Å². The Balaban J connectivity index is 1.49. The first-order valence-corrected chi connectivity index (χ1v) is 8.18. The Kier molecular flexibility index (Phi) is 3.81. The second kappa shape index (κ2) is 6.08. The van der Waals surface area contributed by atoms with E-state index in [9.17, 15) is 0 Å². The van der Waals surface area contributed by atoms with Crippen LogP contribution in [0, 0.1) is 5.92 Å². The lowest BCUT2D eigenvalue weighted by Gasteiger charge is -2.09.